The Morgan fingerprint density at radius 2 is 2.04 bits per heavy atom. The van der Waals surface area contributed by atoms with Gasteiger partial charge in [0.05, 0.1) is 21.8 Å². The predicted molar refractivity (Wildman–Crippen MR) is 97.9 cm³/mol. The lowest BCUT2D eigenvalue weighted by Crippen LogP contribution is -2.11. The number of nitrogens with zero attached hydrogens (tertiary/aromatic N) is 4. The molecule has 0 spiro atoms. The van der Waals surface area contributed by atoms with Gasteiger partial charge in [-0.15, -0.1) is 11.3 Å². The van der Waals surface area contributed by atoms with Crippen LogP contribution in [0.2, 0.25) is 0 Å². The fourth-order valence-corrected chi connectivity index (χ4v) is 3.45. The predicted octanol–water partition coefficient (Wildman–Crippen LogP) is 3.50. The summed E-state index contributed by atoms with van der Waals surface area (Å²) in [5.41, 5.74) is 3.40. The van der Waals surface area contributed by atoms with Gasteiger partial charge in [-0.1, -0.05) is 12.1 Å². The van der Waals surface area contributed by atoms with Crippen LogP contribution in [-0.2, 0) is 6.54 Å². The Kier molecular flexibility index (Phi) is 3.99. The summed E-state index contributed by atoms with van der Waals surface area (Å²) >= 11 is 1.59. The molecule has 0 aliphatic carbocycles. The molecule has 6 nitrogen and oxygen atoms in total. The number of hydrogen-bond acceptors (Lipinski definition) is 5. The van der Waals surface area contributed by atoms with Crippen molar-refractivity contribution in [3.63, 3.8) is 0 Å². The molecule has 4 aromatic rings. The van der Waals surface area contributed by atoms with E-state index in [9.17, 15) is 4.79 Å². The molecule has 0 fully saturated rings. The Morgan fingerprint density at radius 3 is 2.80 bits per heavy atom. The zero-order valence-corrected chi connectivity index (χ0v) is 14.3. The molecule has 0 saturated carbocycles. The first kappa shape index (κ1) is 15.5. The van der Waals surface area contributed by atoms with Crippen molar-refractivity contribution in [2.45, 2.75) is 13.5 Å². The molecule has 0 aliphatic rings. The number of rotatable bonds is 4. The van der Waals surface area contributed by atoms with E-state index in [1.165, 1.54) is 6.33 Å². The maximum atomic E-state index is 12.5. The van der Waals surface area contributed by atoms with Crippen LogP contribution in [0.25, 0.3) is 10.2 Å². The largest absolute Gasteiger partial charge is 0.322 e. The van der Waals surface area contributed by atoms with E-state index < -0.39 is 0 Å². The molecule has 25 heavy (non-hydrogen) atoms. The van der Waals surface area contributed by atoms with Gasteiger partial charge in [-0.3, -0.25) is 4.79 Å². The third-order valence-corrected chi connectivity index (χ3v) is 4.71. The minimum absolute atomic E-state index is 0.128. The van der Waals surface area contributed by atoms with Gasteiger partial charge >= 0.3 is 0 Å². The summed E-state index contributed by atoms with van der Waals surface area (Å²) in [6, 6.07) is 13.3. The molecule has 0 bridgehead atoms. The van der Waals surface area contributed by atoms with Crippen LogP contribution in [0.5, 0.6) is 0 Å². The van der Waals surface area contributed by atoms with Crippen LogP contribution in [0.3, 0.4) is 0 Å². The zero-order chi connectivity index (χ0) is 17.2. The SMILES string of the molecule is Cc1nc2ccc(C(=O)Nc3ccc(Cn4cncn4)cc3)cc2s1. The molecule has 0 unspecified atom stereocenters. The number of aromatic nitrogens is 4. The van der Waals surface area contributed by atoms with Crippen molar-refractivity contribution in [1.82, 2.24) is 19.7 Å². The molecule has 4 rings (SSSR count). The van der Waals surface area contributed by atoms with E-state index in [0.29, 0.717) is 12.1 Å². The number of amides is 1. The first-order valence-electron chi connectivity index (χ1n) is 7.77. The van der Waals surface area contributed by atoms with Crippen molar-refractivity contribution in [1.29, 1.82) is 0 Å². The van der Waals surface area contributed by atoms with E-state index >= 15 is 0 Å². The van der Waals surface area contributed by atoms with Gasteiger partial charge in [0.1, 0.15) is 12.7 Å². The standard InChI is InChI=1S/C18H15N5OS/c1-12-21-16-7-4-14(8-17(16)25-12)18(24)22-15-5-2-13(3-6-15)9-23-11-19-10-20-23/h2-8,10-11H,9H2,1H3,(H,22,24). The smallest absolute Gasteiger partial charge is 0.255 e. The summed E-state index contributed by atoms with van der Waals surface area (Å²) in [6.07, 6.45) is 3.18. The third-order valence-electron chi connectivity index (χ3n) is 3.78. The fraction of sp³-hybridized carbons (Fsp3) is 0.111. The molecule has 124 valence electrons. The molecule has 1 N–H and O–H groups in total. The lowest BCUT2D eigenvalue weighted by Gasteiger charge is -2.07. The summed E-state index contributed by atoms with van der Waals surface area (Å²) in [4.78, 5) is 20.8. The van der Waals surface area contributed by atoms with Gasteiger partial charge in [0, 0.05) is 11.3 Å². The Bertz CT molecular complexity index is 1020. The minimum Gasteiger partial charge on any atom is -0.322 e. The number of hydrogen-bond donors (Lipinski definition) is 1. The second-order valence-electron chi connectivity index (χ2n) is 5.66. The van der Waals surface area contributed by atoms with Crippen molar-refractivity contribution in [2.75, 3.05) is 5.32 Å². The average Bonchev–Trinajstić information content (AvgIpc) is 3.24. The third kappa shape index (κ3) is 3.41. The van der Waals surface area contributed by atoms with E-state index in [4.69, 9.17) is 0 Å². The fourth-order valence-electron chi connectivity index (χ4n) is 2.58. The Labute approximate surface area is 148 Å². The normalized spacial score (nSPS) is 10.9. The van der Waals surface area contributed by atoms with E-state index in [1.807, 2.05) is 43.3 Å². The van der Waals surface area contributed by atoms with Crippen LogP contribution in [-0.4, -0.2) is 25.7 Å². The molecule has 1 amide bonds. The summed E-state index contributed by atoms with van der Waals surface area (Å²) in [7, 11) is 0. The molecule has 2 aromatic carbocycles. The number of nitrogens with one attached hydrogen (secondary N) is 1. The first-order valence-corrected chi connectivity index (χ1v) is 8.59. The van der Waals surface area contributed by atoms with Crippen LogP contribution in [0.15, 0.2) is 55.1 Å². The first-order chi connectivity index (χ1) is 12.2. The number of benzene rings is 2. The average molecular weight is 349 g/mol. The van der Waals surface area contributed by atoms with Crippen molar-refractivity contribution in [3.8, 4) is 0 Å². The van der Waals surface area contributed by atoms with Crippen LogP contribution in [0.1, 0.15) is 20.9 Å². The van der Waals surface area contributed by atoms with Crippen LogP contribution >= 0.6 is 11.3 Å². The molecular formula is C18H15N5OS. The summed E-state index contributed by atoms with van der Waals surface area (Å²) < 4.78 is 2.77. The Hall–Kier alpha value is -3.06. The topological polar surface area (TPSA) is 72.7 Å². The maximum absolute atomic E-state index is 12.5. The number of anilines is 1. The van der Waals surface area contributed by atoms with Crippen molar-refractivity contribution >= 4 is 33.1 Å². The van der Waals surface area contributed by atoms with Gasteiger partial charge in [-0.2, -0.15) is 5.10 Å². The van der Waals surface area contributed by atoms with E-state index in [0.717, 1.165) is 26.5 Å². The summed E-state index contributed by atoms with van der Waals surface area (Å²) in [6.45, 7) is 2.61. The van der Waals surface area contributed by atoms with E-state index in [1.54, 1.807) is 28.4 Å². The van der Waals surface area contributed by atoms with Gasteiger partial charge < -0.3 is 5.32 Å². The molecule has 7 heteroatoms. The molecule has 0 saturated heterocycles. The number of thiazole rings is 1. The highest BCUT2D eigenvalue weighted by Gasteiger charge is 2.09. The van der Waals surface area contributed by atoms with Crippen molar-refractivity contribution in [3.05, 3.63) is 71.3 Å². The van der Waals surface area contributed by atoms with Gasteiger partial charge in [0.15, 0.2) is 0 Å². The van der Waals surface area contributed by atoms with Crippen LogP contribution in [0, 0.1) is 6.92 Å². The lowest BCUT2D eigenvalue weighted by molar-refractivity contribution is 0.102. The van der Waals surface area contributed by atoms with E-state index in [-0.39, 0.29) is 5.91 Å². The molecule has 2 aromatic heterocycles. The van der Waals surface area contributed by atoms with Gasteiger partial charge in [-0.25, -0.2) is 14.6 Å². The molecular weight excluding hydrogens is 334 g/mol. The highest BCUT2D eigenvalue weighted by Crippen LogP contribution is 2.23. The van der Waals surface area contributed by atoms with Gasteiger partial charge in [0.25, 0.3) is 5.91 Å². The van der Waals surface area contributed by atoms with Crippen molar-refractivity contribution < 1.29 is 4.79 Å². The zero-order valence-electron chi connectivity index (χ0n) is 13.5. The summed E-state index contributed by atoms with van der Waals surface area (Å²) in [5.74, 6) is -0.128. The lowest BCUT2D eigenvalue weighted by atomic mass is 10.1. The van der Waals surface area contributed by atoms with Crippen LogP contribution in [0.4, 0.5) is 5.69 Å². The molecule has 2 heterocycles. The monoisotopic (exact) mass is 349 g/mol. The minimum atomic E-state index is -0.128. The summed E-state index contributed by atoms with van der Waals surface area (Å²) in [5, 5.41) is 8.00. The van der Waals surface area contributed by atoms with Gasteiger partial charge in [0.2, 0.25) is 0 Å². The van der Waals surface area contributed by atoms with Crippen LogP contribution < -0.4 is 5.32 Å². The highest BCUT2D eigenvalue weighted by atomic mass is 32.1. The van der Waals surface area contributed by atoms with Gasteiger partial charge in [-0.05, 0) is 42.8 Å². The second-order valence-corrected chi connectivity index (χ2v) is 6.89. The highest BCUT2D eigenvalue weighted by molar-refractivity contribution is 7.18. The van der Waals surface area contributed by atoms with Crippen molar-refractivity contribution in [2.24, 2.45) is 0 Å². The second kappa shape index (κ2) is 6.45. The molecule has 0 atom stereocenters. The number of carbonyl (C=O) groups is 1. The number of fused-ring (bicyclic) bond motifs is 1. The maximum Gasteiger partial charge on any atom is 0.255 e. The Morgan fingerprint density at radius 1 is 1.20 bits per heavy atom. The van der Waals surface area contributed by atoms with E-state index in [2.05, 4.69) is 20.4 Å². The Balaban J connectivity index is 1.47. The molecule has 0 aliphatic heterocycles. The molecule has 0 radical (unpaired) electrons. The quantitative estimate of drug-likeness (QED) is 0.612. The number of aryl methyl sites for hydroxylation is 1. The number of carbonyl (C=O) groups excluding carboxylic acids is 1.